The molecule has 0 saturated heterocycles. The van der Waals surface area contributed by atoms with Crippen LogP contribution in [-0.4, -0.2) is 36.8 Å². The van der Waals surface area contributed by atoms with E-state index in [0.717, 1.165) is 32.6 Å². The summed E-state index contributed by atoms with van der Waals surface area (Å²) in [6.07, 6.45) is 2.53. The smallest absolute Gasteiger partial charge is 0.140 e. The molecule has 5 heteroatoms. The van der Waals surface area contributed by atoms with Gasteiger partial charge >= 0.3 is 0 Å². The van der Waals surface area contributed by atoms with Crippen LogP contribution in [0.4, 0.5) is 0 Å². The van der Waals surface area contributed by atoms with Gasteiger partial charge in [0.05, 0.1) is 0 Å². The van der Waals surface area contributed by atoms with E-state index < -0.39 is 0 Å². The van der Waals surface area contributed by atoms with Gasteiger partial charge in [0.2, 0.25) is 0 Å². The summed E-state index contributed by atoms with van der Waals surface area (Å²) in [5.41, 5.74) is 5.44. The van der Waals surface area contributed by atoms with Gasteiger partial charge in [-0.25, -0.2) is 0 Å². The summed E-state index contributed by atoms with van der Waals surface area (Å²) in [7, 11) is 0. The van der Waals surface area contributed by atoms with Gasteiger partial charge in [-0.05, 0) is 26.3 Å². The first kappa shape index (κ1) is 14.2. The lowest BCUT2D eigenvalue weighted by Gasteiger charge is -2.15. The van der Waals surface area contributed by atoms with E-state index in [9.17, 15) is 0 Å². The summed E-state index contributed by atoms with van der Waals surface area (Å²) in [6.45, 7) is 6.51. The predicted molar refractivity (Wildman–Crippen MR) is 61.2 cm³/mol. The first-order chi connectivity index (χ1) is 7.24. The summed E-state index contributed by atoms with van der Waals surface area (Å²) < 4.78 is 5.22. The van der Waals surface area contributed by atoms with Gasteiger partial charge in [-0.1, -0.05) is 12.1 Å². The average Bonchev–Trinajstić information content (AvgIpc) is 2.26. The zero-order valence-corrected chi connectivity index (χ0v) is 9.70. The van der Waals surface area contributed by atoms with E-state index in [2.05, 4.69) is 17.4 Å². The van der Waals surface area contributed by atoms with Crippen LogP contribution in [0.3, 0.4) is 0 Å². The summed E-state index contributed by atoms with van der Waals surface area (Å²) in [5.74, 6) is 0.277. The Hall–Kier alpha value is -0.810. The highest BCUT2D eigenvalue weighted by Gasteiger charge is 2.07. The highest BCUT2D eigenvalue weighted by molar-refractivity contribution is 5.80. The van der Waals surface area contributed by atoms with E-state index in [1.807, 2.05) is 6.92 Å². The zero-order chi connectivity index (χ0) is 11.5. The number of ether oxygens (including phenoxy) is 1. The van der Waals surface area contributed by atoms with Crippen LogP contribution in [0.5, 0.6) is 0 Å². The average molecular weight is 217 g/mol. The number of nitrogens with one attached hydrogen (secondary N) is 1. The van der Waals surface area contributed by atoms with Crippen molar-refractivity contribution in [1.29, 1.82) is 0 Å². The van der Waals surface area contributed by atoms with Crippen molar-refractivity contribution in [2.75, 3.05) is 19.8 Å². The standard InChI is InChI=1S/C10H23N3O2/c1-3-9(8-10(11)13-14)12-6-5-7-15-4-2/h9,12,14H,3-8H2,1-2H3,(H2,11,13). The Bertz CT molecular complexity index is 174. The summed E-state index contributed by atoms with van der Waals surface area (Å²) in [4.78, 5) is 0. The van der Waals surface area contributed by atoms with Crippen molar-refractivity contribution < 1.29 is 9.94 Å². The summed E-state index contributed by atoms with van der Waals surface area (Å²) >= 11 is 0. The molecular weight excluding hydrogens is 194 g/mol. The third-order valence-electron chi connectivity index (χ3n) is 2.18. The molecule has 0 radical (unpaired) electrons. The number of hydrogen-bond donors (Lipinski definition) is 3. The molecule has 0 amide bonds. The molecule has 0 aliphatic carbocycles. The lowest BCUT2D eigenvalue weighted by atomic mass is 10.1. The van der Waals surface area contributed by atoms with Crippen LogP contribution < -0.4 is 11.1 Å². The van der Waals surface area contributed by atoms with E-state index >= 15 is 0 Å². The van der Waals surface area contributed by atoms with Crippen LogP contribution in [0.1, 0.15) is 33.1 Å². The van der Waals surface area contributed by atoms with Gasteiger partial charge in [-0.2, -0.15) is 0 Å². The van der Waals surface area contributed by atoms with E-state index in [1.54, 1.807) is 0 Å². The van der Waals surface area contributed by atoms with Gasteiger partial charge in [0.15, 0.2) is 0 Å². The predicted octanol–water partition coefficient (Wildman–Crippen LogP) is 0.918. The van der Waals surface area contributed by atoms with Crippen LogP contribution >= 0.6 is 0 Å². The highest BCUT2D eigenvalue weighted by Crippen LogP contribution is 1.97. The lowest BCUT2D eigenvalue weighted by Crippen LogP contribution is -2.34. The van der Waals surface area contributed by atoms with Gasteiger partial charge in [-0.3, -0.25) is 0 Å². The molecule has 15 heavy (non-hydrogen) atoms. The molecule has 0 aromatic carbocycles. The summed E-state index contributed by atoms with van der Waals surface area (Å²) in [5, 5.41) is 14.7. The van der Waals surface area contributed by atoms with Crippen LogP contribution in [0.2, 0.25) is 0 Å². The van der Waals surface area contributed by atoms with Crippen LogP contribution in [0.25, 0.3) is 0 Å². The molecule has 5 nitrogen and oxygen atoms in total. The van der Waals surface area contributed by atoms with Crippen molar-refractivity contribution in [2.45, 2.75) is 39.2 Å². The molecule has 0 aromatic heterocycles. The number of nitrogens with zero attached hydrogens (tertiary/aromatic N) is 1. The maximum atomic E-state index is 8.44. The van der Waals surface area contributed by atoms with E-state index in [1.165, 1.54) is 0 Å². The number of hydrogen-bond acceptors (Lipinski definition) is 4. The maximum absolute atomic E-state index is 8.44. The topological polar surface area (TPSA) is 79.9 Å². The van der Waals surface area contributed by atoms with Crippen molar-refractivity contribution >= 4 is 5.84 Å². The number of amidine groups is 1. The third-order valence-corrected chi connectivity index (χ3v) is 2.18. The largest absolute Gasteiger partial charge is 0.409 e. The molecule has 0 aromatic rings. The minimum atomic E-state index is 0.277. The Morgan fingerprint density at radius 1 is 1.53 bits per heavy atom. The number of rotatable bonds is 9. The van der Waals surface area contributed by atoms with Gasteiger partial charge in [0, 0.05) is 25.7 Å². The van der Waals surface area contributed by atoms with Crippen molar-refractivity contribution in [3.63, 3.8) is 0 Å². The molecule has 0 aliphatic rings. The molecular formula is C10H23N3O2. The van der Waals surface area contributed by atoms with Crippen LogP contribution in [-0.2, 0) is 4.74 Å². The Labute approximate surface area is 91.7 Å². The zero-order valence-electron chi connectivity index (χ0n) is 9.70. The van der Waals surface area contributed by atoms with Gasteiger partial charge in [-0.15, -0.1) is 0 Å². The molecule has 0 bridgehead atoms. The summed E-state index contributed by atoms with van der Waals surface area (Å²) in [6, 6.07) is 0.280. The third kappa shape index (κ3) is 8.20. The van der Waals surface area contributed by atoms with E-state index in [0.29, 0.717) is 6.42 Å². The van der Waals surface area contributed by atoms with Crippen LogP contribution in [0, 0.1) is 0 Å². The fraction of sp³-hybridized carbons (Fsp3) is 0.900. The highest BCUT2D eigenvalue weighted by atomic mass is 16.5. The van der Waals surface area contributed by atoms with Crippen LogP contribution in [0.15, 0.2) is 5.16 Å². The van der Waals surface area contributed by atoms with Crippen molar-refractivity contribution in [2.24, 2.45) is 10.9 Å². The molecule has 90 valence electrons. The van der Waals surface area contributed by atoms with E-state index in [-0.39, 0.29) is 11.9 Å². The maximum Gasteiger partial charge on any atom is 0.140 e. The first-order valence-electron chi connectivity index (χ1n) is 5.52. The minimum Gasteiger partial charge on any atom is -0.409 e. The Morgan fingerprint density at radius 2 is 2.27 bits per heavy atom. The van der Waals surface area contributed by atoms with Crippen molar-refractivity contribution in [3.05, 3.63) is 0 Å². The molecule has 0 aliphatic heterocycles. The molecule has 1 unspecified atom stereocenters. The normalized spacial score (nSPS) is 14.1. The fourth-order valence-corrected chi connectivity index (χ4v) is 1.28. The molecule has 1 atom stereocenters. The second-order valence-electron chi connectivity index (χ2n) is 3.41. The van der Waals surface area contributed by atoms with Gasteiger partial charge < -0.3 is 21.0 Å². The second-order valence-corrected chi connectivity index (χ2v) is 3.41. The monoisotopic (exact) mass is 217 g/mol. The van der Waals surface area contributed by atoms with E-state index in [4.69, 9.17) is 15.7 Å². The Balaban J connectivity index is 3.53. The first-order valence-corrected chi connectivity index (χ1v) is 5.52. The number of oxime groups is 1. The second kappa shape index (κ2) is 9.73. The molecule has 0 spiro atoms. The molecule has 0 heterocycles. The van der Waals surface area contributed by atoms with Gasteiger partial charge in [0.1, 0.15) is 5.84 Å². The Kier molecular flexibility index (Phi) is 9.21. The minimum absolute atomic E-state index is 0.277. The quantitative estimate of drug-likeness (QED) is 0.176. The lowest BCUT2D eigenvalue weighted by molar-refractivity contribution is 0.144. The number of nitrogens with two attached hydrogens (primary N) is 1. The molecule has 0 saturated carbocycles. The van der Waals surface area contributed by atoms with Gasteiger partial charge in [0.25, 0.3) is 0 Å². The molecule has 0 rings (SSSR count). The van der Waals surface area contributed by atoms with Crippen molar-refractivity contribution in [1.82, 2.24) is 5.32 Å². The van der Waals surface area contributed by atoms with Crippen molar-refractivity contribution in [3.8, 4) is 0 Å². The molecule has 4 N–H and O–H groups in total. The SMILES string of the molecule is CCOCCCNC(CC)CC(N)=NO. The Morgan fingerprint density at radius 3 is 2.80 bits per heavy atom. The fourth-order valence-electron chi connectivity index (χ4n) is 1.28. The molecule has 0 fully saturated rings.